The van der Waals surface area contributed by atoms with Gasteiger partial charge in [0.1, 0.15) is 12.1 Å². The Kier molecular flexibility index (Phi) is 3.48. The molecule has 1 fully saturated rings. The fourth-order valence-electron chi connectivity index (χ4n) is 2.65. The van der Waals surface area contributed by atoms with Gasteiger partial charge in [0.2, 0.25) is 0 Å². The van der Waals surface area contributed by atoms with Gasteiger partial charge in [0, 0.05) is 11.4 Å². The monoisotopic (exact) mass is 268 g/mol. The number of hydrogen-bond donors (Lipinski definition) is 2. The van der Waals surface area contributed by atoms with Crippen LogP contribution in [0.3, 0.4) is 0 Å². The van der Waals surface area contributed by atoms with Crippen molar-refractivity contribution in [1.29, 1.82) is 5.26 Å². The van der Waals surface area contributed by atoms with Crippen molar-refractivity contribution >= 4 is 16.7 Å². The van der Waals surface area contributed by atoms with Crippen LogP contribution in [-0.2, 0) is 0 Å². The average Bonchev–Trinajstić information content (AvgIpc) is 2.49. The van der Waals surface area contributed by atoms with E-state index in [9.17, 15) is 5.11 Å². The van der Waals surface area contributed by atoms with Crippen LogP contribution in [-0.4, -0.2) is 27.2 Å². The summed E-state index contributed by atoms with van der Waals surface area (Å²) in [5.41, 5.74) is 1.44. The van der Waals surface area contributed by atoms with E-state index in [2.05, 4.69) is 21.4 Å². The number of nitriles is 1. The van der Waals surface area contributed by atoms with Crippen LogP contribution < -0.4 is 5.32 Å². The quantitative estimate of drug-likeness (QED) is 0.872. The van der Waals surface area contributed by atoms with Gasteiger partial charge in [-0.3, -0.25) is 0 Å². The van der Waals surface area contributed by atoms with Crippen LogP contribution >= 0.6 is 0 Å². The minimum absolute atomic E-state index is 0.166. The summed E-state index contributed by atoms with van der Waals surface area (Å²) < 4.78 is 0. The molecule has 0 amide bonds. The first-order valence-corrected chi connectivity index (χ1v) is 6.86. The number of nitrogens with zero attached hydrogens (tertiary/aromatic N) is 3. The lowest BCUT2D eigenvalue weighted by atomic mass is 9.93. The Morgan fingerprint density at radius 3 is 2.75 bits per heavy atom. The molecular weight excluding hydrogens is 252 g/mol. The van der Waals surface area contributed by atoms with Crippen LogP contribution in [0.1, 0.15) is 31.2 Å². The second kappa shape index (κ2) is 5.43. The predicted molar refractivity (Wildman–Crippen MR) is 76.1 cm³/mol. The standard InChI is InChI=1S/C15H16N4O/c16-8-10-1-6-14-13(7-10)15(18-9-17-14)19-11-2-4-12(20)5-3-11/h1,6-7,9,11-12,20H,2-5H2,(H,17,18,19)/t11-,12+. The Labute approximate surface area is 117 Å². The molecule has 0 atom stereocenters. The number of rotatable bonds is 2. The zero-order chi connectivity index (χ0) is 13.9. The lowest BCUT2D eigenvalue weighted by molar-refractivity contribution is 0.126. The number of fused-ring (bicyclic) bond motifs is 1. The summed E-state index contributed by atoms with van der Waals surface area (Å²) in [5.74, 6) is 0.772. The van der Waals surface area contributed by atoms with E-state index in [1.165, 1.54) is 6.33 Å². The maximum atomic E-state index is 9.54. The number of aliphatic hydroxyl groups excluding tert-OH is 1. The Morgan fingerprint density at radius 1 is 1.20 bits per heavy atom. The normalized spacial score (nSPS) is 22.4. The van der Waals surface area contributed by atoms with Gasteiger partial charge in [0.15, 0.2) is 0 Å². The fraction of sp³-hybridized carbons (Fsp3) is 0.400. The largest absolute Gasteiger partial charge is 0.393 e. The molecule has 102 valence electrons. The molecule has 5 nitrogen and oxygen atoms in total. The Bertz CT molecular complexity index is 656. The SMILES string of the molecule is N#Cc1ccc2ncnc(N[C@H]3CC[C@@H](O)CC3)c2c1. The van der Waals surface area contributed by atoms with E-state index in [0.717, 1.165) is 42.4 Å². The van der Waals surface area contributed by atoms with Crippen LogP contribution in [0.25, 0.3) is 10.9 Å². The molecule has 0 radical (unpaired) electrons. The minimum atomic E-state index is -0.166. The number of benzene rings is 1. The highest BCUT2D eigenvalue weighted by Crippen LogP contribution is 2.25. The van der Waals surface area contributed by atoms with Gasteiger partial charge in [-0.1, -0.05) is 0 Å². The molecular formula is C15H16N4O. The predicted octanol–water partition coefficient (Wildman–Crippen LogP) is 2.22. The van der Waals surface area contributed by atoms with Crippen LogP contribution in [0.2, 0.25) is 0 Å². The molecule has 0 aliphatic heterocycles. The number of hydrogen-bond acceptors (Lipinski definition) is 5. The van der Waals surface area contributed by atoms with Gasteiger partial charge in [-0.15, -0.1) is 0 Å². The zero-order valence-electron chi connectivity index (χ0n) is 11.1. The van der Waals surface area contributed by atoms with E-state index in [1.807, 2.05) is 12.1 Å². The molecule has 2 N–H and O–H groups in total. The molecule has 1 aliphatic rings. The summed E-state index contributed by atoms with van der Waals surface area (Å²) in [7, 11) is 0. The Balaban J connectivity index is 1.89. The molecule has 20 heavy (non-hydrogen) atoms. The molecule has 1 aromatic carbocycles. The first kappa shape index (κ1) is 12.8. The summed E-state index contributed by atoms with van der Waals surface area (Å²) in [6, 6.07) is 7.87. The second-order valence-corrected chi connectivity index (χ2v) is 5.22. The van der Waals surface area contributed by atoms with Crippen LogP contribution in [0.4, 0.5) is 5.82 Å². The number of aromatic nitrogens is 2. The lowest BCUT2D eigenvalue weighted by Crippen LogP contribution is -2.28. The molecule has 3 rings (SSSR count). The highest BCUT2D eigenvalue weighted by Gasteiger charge is 2.20. The van der Waals surface area contributed by atoms with E-state index >= 15 is 0 Å². The van der Waals surface area contributed by atoms with Gasteiger partial charge in [0.05, 0.1) is 23.3 Å². The molecule has 0 unspecified atom stereocenters. The summed E-state index contributed by atoms with van der Waals surface area (Å²) >= 11 is 0. The molecule has 1 heterocycles. The minimum Gasteiger partial charge on any atom is -0.393 e. The smallest absolute Gasteiger partial charge is 0.137 e. The van der Waals surface area contributed by atoms with E-state index in [4.69, 9.17) is 5.26 Å². The van der Waals surface area contributed by atoms with Crippen molar-refractivity contribution in [1.82, 2.24) is 9.97 Å². The van der Waals surface area contributed by atoms with Crippen molar-refractivity contribution in [3.05, 3.63) is 30.1 Å². The van der Waals surface area contributed by atoms with Crippen molar-refractivity contribution in [2.75, 3.05) is 5.32 Å². The van der Waals surface area contributed by atoms with Crippen LogP contribution in [0.15, 0.2) is 24.5 Å². The molecule has 0 spiro atoms. The summed E-state index contributed by atoms with van der Waals surface area (Å²) in [5, 5.41) is 22.8. The summed E-state index contributed by atoms with van der Waals surface area (Å²) in [6.45, 7) is 0. The summed E-state index contributed by atoms with van der Waals surface area (Å²) in [6.07, 6.45) is 4.89. The average molecular weight is 268 g/mol. The van der Waals surface area contributed by atoms with E-state index in [0.29, 0.717) is 11.6 Å². The molecule has 1 aromatic heterocycles. The molecule has 1 aliphatic carbocycles. The van der Waals surface area contributed by atoms with Gasteiger partial charge in [0.25, 0.3) is 0 Å². The zero-order valence-corrected chi connectivity index (χ0v) is 11.1. The Morgan fingerprint density at radius 2 is 2.00 bits per heavy atom. The van der Waals surface area contributed by atoms with Gasteiger partial charge in [-0.05, 0) is 43.9 Å². The third-order valence-electron chi connectivity index (χ3n) is 3.80. The number of aliphatic hydroxyl groups is 1. The first-order valence-electron chi connectivity index (χ1n) is 6.86. The van der Waals surface area contributed by atoms with E-state index < -0.39 is 0 Å². The van der Waals surface area contributed by atoms with Crippen LogP contribution in [0.5, 0.6) is 0 Å². The molecule has 5 heteroatoms. The van der Waals surface area contributed by atoms with Gasteiger partial charge >= 0.3 is 0 Å². The highest BCUT2D eigenvalue weighted by atomic mass is 16.3. The molecule has 0 saturated heterocycles. The molecule has 2 aromatic rings. The number of anilines is 1. The lowest BCUT2D eigenvalue weighted by Gasteiger charge is -2.26. The van der Waals surface area contributed by atoms with Crippen molar-refractivity contribution in [3.8, 4) is 6.07 Å². The third kappa shape index (κ3) is 2.56. The highest BCUT2D eigenvalue weighted by molar-refractivity contribution is 5.89. The summed E-state index contributed by atoms with van der Waals surface area (Å²) in [4.78, 5) is 8.52. The van der Waals surface area contributed by atoms with Crippen molar-refractivity contribution in [3.63, 3.8) is 0 Å². The van der Waals surface area contributed by atoms with Crippen molar-refractivity contribution in [2.24, 2.45) is 0 Å². The topological polar surface area (TPSA) is 81.8 Å². The van der Waals surface area contributed by atoms with Gasteiger partial charge < -0.3 is 10.4 Å². The van der Waals surface area contributed by atoms with Crippen molar-refractivity contribution < 1.29 is 5.11 Å². The van der Waals surface area contributed by atoms with Crippen LogP contribution in [0, 0.1) is 11.3 Å². The Hall–Kier alpha value is -2.19. The maximum absolute atomic E-state index is 9.54. The third-order valence-corrected chi connectivity index (χ3v) is 3.80. The van der Waals surface area contributed by atoms with Gasteiger partial charge in [-0.2, -0.15) is 5.26 Å². The van der Waals surface area contributed by atoms with E-state index in [-0.39, 0.29) is 6.10 Å². The first-order chi connectivity index (χ1) is 9.76. The number of nitrogens with one attached hydrogen (secondary N) is 1. The molecule has 1 saturated carbocycles. The second-order valence-electron chi connectivity index (χ2n) is 5.22. The fourth-order valence-corrected chi connectivity index (χ4v) is 2.65. The van der Waals surface area contributed by atoms with E-state index in [1.54, 1.807) is 6.07 Å². The van der Waals surface area contributed by atoms with Crippen molar-refractivity contribution in [2.45, 2.75) is 37.8 Å². The molecule has 0 bridgehead atoms. The van der Waals surface area contributed by atoms with Gasteiger partial charge in [-0.25, -0.2) is 9.97 Å². The maximum Gasteiger partial charge on any atom is 0.137 e.